The van der Waals surface area contributed by atoms with Crippen molar-refractivity contribution in [1.82, 2.24) is 5.32 Å². The average molecular weight is 938 g/mol. The van der Waals surface area contributed by atoms with Crippen LogP contribution in [-0.4, -0.2) is 73.4 Å². The molecule has 0 bridgehead atoms. The predicted octanol–water partition coefficient (Wildman–Crippen LogP) is 16.6. The van der Waals surface area contributed by atoms with Gasteiger partial charge in [-0.3, -0.25) is 13.8 Å². The molecule has 0 saturated carbocycles. The third-order valence-electron chi connectivity index (χ3n) is 12.6. The van der Waals surface area contributed by atoms with E-state index < -0.39 is 20.0 Å². The van der Waals surface area contributed by atoms with Gasteiger partial charge in [0.05, 0.1) is 39.9 Å². The van der Waals surface area contributed by atoms with Gasteiger partial charge in [0.1, 0.15) is 13.2 Å². The van der Waals surface area contributed by atoms with Crippen LogP contribution in [0.15, 0.2) is 36.5 Å². The molecule has 0 heterocycles. The average Bonchev–Trinajstić information content (AvgIpc) is 3.26. The molecule has 0 saturated heterocycles. The summed E-state index contributed by atoms with van der Waals surface area (Å²) in [5.74, 6) is -0.193. The van der Waals surface area contributed by atoms with Crippen LogP contribution in [0.5, 0.6) is 0 Å². The molecule has 0 aromatic carbocycles. The Morgan fingerprint density at radius 2 is 0.846 bits per heavy atom. The fourth-order valence-electron chi connectivity index (χ4n) is 8.17. The van der Waals surface area contributed by atoms with E-state index in [-0.39, 0.29) is 19.1 Å². The Kier molecular flexibility index (Phi) is 46.8. The molecule has 0 aromatic rings. The summed E-state index contributed by atoms with van der Waals surface area (Å²) >= 11 is 0. The van der Waals surface area contributed by atoms with E-state index in [0.717, 1.165) is 51.4 Å². The van der Waals surface area contributed by atoms with Gasteiger partial charge in [0, 0.05) is 6.42 Å². The number of carbonyl (C=O) groups is 1. The van der Waals surface area contributed by atoms with Gasteiger partial charge in [0.25, 0.3) is 0 Å². The van der Waals surface area contributed by atoms with E-state index in [0.29, 0.717) is 17.4 Å². The first-order chi connectivity index (χ1) is 31.5. The lowest BCUT2D eigenvalue weighted by atomic mass is 10.0. The lowest BCUT2D eigenvalue weighted by Crippen LogP contribution is -2.45. The second-order valence-electron chi connectivity index (χ2n) is 20.3. The number of aliphatic hydroxyl groups excluding tert-OH is 1. The molecule has 3 unspecified atom stereocenters. The highest BCUT2D eigenvalue weighted by Gasteiger charge is 2.27. The zero-order valence-electron chi connectivity index (χ0n) is 43.7. The largest absolute Gasteiger partial charge is 0.472 e. The Bertz CT molecular complexity index is 1150. The maximum Gasteiger partial charge on any atom is 0.472 e. The molecule has 8 nitrogen and oxygen atoms in total. The topological polar surface area (TPSA) is 105 Å². The quantitative estimate of drug-likeness (QED) is 0.0243. The minimum absolute atomic E-state index is 0.0550. The summed E-state index contributed by atoms with van der Waals surface area (Å²) < 4.78 is 23.6. The summed E-state index contributed by atoms with van der Waals surface area (Å²) in [5.41, 5.74) is 0. The number of phosphoric ester groups is 1. The van der Waals surface area contributed by atoms with Gasteiger partial charge < -0.3 is 19.8 Å². The van der Waals surface area contributed by atoms with Crippen molar-refractivity contribution < 1.29 is 32.9 Å². The number of hydrogen-bond donors (Lipinski definition) is 3. The number of phosphoric acid groups is 1. The third-order valence-corrected chi connectivity index (χ3v) is 13.6. The molecule has 0 fully saturated rings. The lowest BCUT2D eigenvalue weighted by molar-refractivity contribution is -0.870. The summed E-state index contributed by atoms with van der Waals surface area (Å²) in [6.07, 6.45) is 61.1. The first kappa shape index (κ1) is 63.7. The van der Waals surface area contributed by atoms with E-state index in [9.17, 15) is 19.4 Å². The minimum atomic E-state index is -4.35. The van der Waals surface area contributed by atoms with Crippen molar-refractivity contribution in [3.05, 3.63) is 36.5 Å². The zero-order chi connectivity index (χ0) is 47.8. The molecule has 0 aliphatic carbocycles. The van der Waals surface area contributed by atoms with Crippen molar-refractivity contribution in [1.29, 1.82) is 0 Å². The molecule has 3 atom stereocenters. The van der Waals surface area contributed by atoms with E-state index in [1.165, 1.54) is 193 Å². The standard InChI is InChI=1S/C56H109N2O6P/c1-6-8-10-12-14-16-18-20-22-24-25-26-27-28-29-30-31-32-33-34-35-37-39-41-43-45-47-49-55(59)54(53-64-65(61,62)63-52-51-58(3,4)5)57-56(60)50-48-46-44-42-40-38-36-23-21-19-17-15-13-11-9-7-2/h23,36,39,41,47,49,54-55,59H,6-22,24-35,37-38,40,42-46,48,50-53H2,1-5H3,(H-,57,60,61,62)/p+1/b36-23-,41-39+,49-47+. The summed E-state index contributed by atoms with van der Waals surface area (Å²) in [4.78, 5) is 23.2. The molecule has 3 N–H and O–H groups in total. The van der Waals surface area contributed by atoms with Crippen molar-refractivity contribution >= 4 is 13.7 Å². The van der Waals surface area contributed by atoms with E-state index in [2.05, 4.69) is 43.5 Å². The summed E-state index contributed by atoms with van der Waals surface area (Å²) in [6, 6.07) is -0.867. The van der Waals surface area contributed by atoms with E-state index >= 15 is 0 Å². The molecule has 1 amide bonds. The van der Waals surface area contributed by atoms with Crippen molar-refractivity contribution in [2.24, 2.45) is 0 Å². The minimum Gasteiger partial charge on any atom is -0.387 e. The number of hydrogen-bond acceptors (Lipinski definition) is 5. The van der Waals surface area contributed by atoms with Crippen LogP contribution >= 0.6 is 7.82 Å². The zero-order valence-corrected chi connectivity index (χ0v) is 44.6. The molecule has 9 heteroatoms. The molecule has 0 spiro atoms. The van der Waals surface area contributed by atoms with Crippen molar-refractivity contribution in [2.45, 2.75) is 276 Å². The molecule has 0 rings (SSSR count). The van der Waals surface area contributed by atoms with Gasteiger partial charge in [0.15, 0.2) is 0 Å². The van der Waals surface area contributed by atoms with Crippen LogP contribution in [0.1, 0.15) is 264 Å². The van der Waals surface area contributed by atoms with Gasteiger partial charge in [-0.15, -0.1) is 0 Å². The smallest absolute Gasteiger partial charge is 0.387 e. The Balaban J connectivity index is 4.24. The Labute approximate surface area is 404 Å². The van der Waals surface area contributed by atoms with Crippen LogP contribution < -0.4 is 5.32 Å². The Morgan fingerprint density at radius 3 is 1.23 bits per heavy atom. The fourth-order valence-corrected chi connectivity index (χ4v) is 8.91. The van der Waals surface area contributed by atoms with Crippen molar-refractivity contribution in [2.75, 3.05) is 40.9 Å². The molecular weight excluding hydrogens is 828 g/mol. The summed E-state index contributed by atoms with van der Waals surface area (Å²) in [6.45, 7) is 4.81. The van der Waals surface area contributed by atoms with Gasteiger partial charge >= 0.3 is 7.82 Å². The molecule has 0 radical (unpaired) electrons. The second kappa shape index (κ2) is 47.8. The molecule has 0 aliphatic heterocycles. The van der Waals surface area contributed by atoms with Crippen LogP contribution in [0.4, 0.5) is 0 Å². The number of allylic oxidation sites excluding steroid dienone is 5. The van der Waals surface area contributed by atoms with Gasteiger partial charge in [-0.05, 0) is 57.8 Å². The summed E-state index contributed by atoms with van der Waals surface area (Å²) in [7, 11) is 1.55. The number of likely N-dealkylation sites (N-methyl/N-ethyl adjacent to an activating group) is 1. The number of aliphatic hydroxyl groups is 1. The molecule has 384 valence electrons. The van der Waals surface area contributed by atoms with Gasteiger partial charge in [-0.1, -0.05) is 237 Å². The fraction of sp³-hybridized carbons (Fsp3) is 0.875. The van der Waals surface area contributed by atoms with E-state index in [1.807, 2.05) is 27.2 Å². The Hall–Kier alpha value is -1.28. The highest BCUT2D eigenvalue weighted by Crippen LogP contribution is 2.43. The molecule has 65 heavy (non-hydrogen) atoms. The Morgan fingerprint density at radius 1 is 0.508 bits per heavy atom. The van der Waals surface area contributed by atoms with Crippen LogP contribution in [0, 0.1) is 0 Å². The first-order valence-electron chi connectivity index (χ1n) is 27.9. The van der Waals surface area contributed by atoms with Crippen LogP contribution in [0.25, 0.3) is 0 Å². The SMILES string of the molecule is CCCCCCCCC/C=C\CCCCCCCC(=O)NC(COP(=O)(O)OCC[N+](C)(C)C)C(O)/C=C/CC/C=C/CCCCCCCCCCCCCCCCCCCCCCC. The van der Waals surface area contributed by atoms with E-state index in [1.54, 1.807) is 6.08 Å². The monoisotopic (exact) mass is 938 g/mol. The number of unbranched alkanes of at least 4 members (excludes halogenated alkanes) is 34. The first-order valence-corrected chi connectivity index (χ1v) is 29.4. The number of quaternary nitrogens is 1. The molecule has 0 aliphatic rings. The van der Waals surface area contributed by atoms with Crippen LogP contribution in [0.3, 0.4) is 0 Å². The van der Waals surface area contributed by atoms with Gasteiger partial charge in [0.2, 0.25) is 5.91 Å². The lowest BCUT2D eigenvalue weighted by Gasteiger charge is -2.25. The van der Waals surface area contributed by atoms with Crippen molar-refractivity contribution in [3.8, 4) is 0 Å². The number of rotatable bonds is 51. The normalized spacial score (nSPS) is 14.3. The number of carbonyl (C=O) groups excluding carboxylic acids is 1. The van der Waals surface area contributed by atoms with Gasteiger partial charge in [-0.25, -0.2) is 4.57 Å². The highest BCUT2D eigenvalue weighted by atomic mass is 31.2. The number of amides is 1. The maximum atomic E-state index is 12.9. The van der Waals surface area contributed by atoms with Crippen LogP contribution in [0.2, 0.25) is 0 Å². The molecule has 0 aromatic heterocycles. The van der Waals surface area contributed by atoms with E-state index in [4.69, 9.17) is 9.05 Å². The second-order valence-corrected chi connectivity index (χ2v) is 21.8. The van der Waals surface area contributed by atoms with Crippen LogP contribution in [-0.2, 0) is 18.4 Å². The molecular formula is C56H110N2O6P+. The summed E-state index contributed by atoms with van der Waals surface area (Å²) in [5, 5.41) is 13.9. The number of nitrogens with one attached hydrogen (secondary N) is 1. The third kappa shape index (κ3) is 50.4. The number of nitrogens with zero attached hydrogens (tertiary/aromatic N) is 1. The maximum absolute atomic E-state index is 12.9. The highest BCUT2D eigenvalue weighted by molar-refractivity contribution is 7.47. The van der Waals surface area contributed by atoms with Gasteiger partial charge in [-0.2, -0.15) is 0 Å². The predicted molar refractivity (Wildman–Crippen MR) is 281 cm³/mol. The van der Waals surface area contributed by atoms with Crippen molar-refractivity contribution in [3.63, 3.8) is 0 Å².